The van der Waals surface area contributed by atoms with E-state index >= 15 is 0 Å². The number of thiophene rings is 1. The zero-order valence-corrected chi connectivity index (χ0v) is 16.8. The Hall–Kier alpha value is -2.05. The van der Waals surface area contributed by atoms with Gasteiger partial charge in [0.2, 0.25) is 0 Å². The summed E-state index contributed by atoms with van der Waals surface area (Å²) in [7, 11) is 0. The first-order valence-corrected chi connectivity index (χ1v) is 9.35. The molecule has 0 radical (unpaired) electrons. The Morgan fingerprint density at radius 3 is 2.50 bits per heavy atom. The van der Waals surface area contributed by atoms with Crippen LogP contribution in [0, 0.1) is 0 Å². The molecular formula is C19H22ClNO4S. The largest absolute Gasteiger partial charge is 0.490 e. The molecular weight excluding hydrogens is 374 g/mol. The van der Waals surface area contributed by atoms with Crippen LogP contribution in [0.4, 0.5) is 4.79 Å². The van der Waals surface area contributed by atoms with Crippen LogP contribution < -0.4 is 10.1 Å². The first kappa shape index (κ1) is 20.3. The van der Waals surface area contributed by atoms with Gasteiger partial charge >= 0.3 is 6.09 Å². The van der Waals surface area contributed by atoms with Crippen molar-refractivity contribution in [3.8, 4) is 16.2 Å². The number of Topliss-reactive ketones (excluding diaryl/α,β-unsaturated/α-hetero) is 1. The topological polar surface area (TPSA) is 64.6 Å². The zero-order valence-electron chi connectivity index (χ0n) is 15.2. The fraction of sp³-hybridized carbons (Fsp3) is 0.368. The molecule has 2 aromatic rings. The van der Waals surface area contributed by atoms with Crippen LogP contribution >= 0.6 is 22.9 Å². The molecule has 1 aromatic carbocycles. The Morgan fingerprint density at radius 1 is 1.19 bits per heavy atom. The van der Waals surface area contributed by atoms with Gasteiger partial charge in [0.1, 0.15) is 18.0 Å². The Kier molecular flexibility index (Phi) is 6.67. The van der Waals surface area contributed by atoms with E-state index in [0.29, 0.717) is 22.2 Å². The van der Waals surface area contributed by atoms with Crippen molar-refractivity contribution in [2.75, 3.05) is 13.2 Å². The highest BCUT2D eigenvalue weighted by molar-refractivity contribution is 7.17. The van der Waals surface area contributed by atoms with E-state index in [1.54, 1.807) is 39.8 Å². The molecule has 0 saturated heterocycles. The molecule has 0 saturated carbocycles. The number of hydrogen-bond acceptors (Lipinski definition) is 5. The predicted octanol–water partition coefficient (Wildman–Crippen LogP) is 5.17. The third-order valence-electron chi connectivity index (χ3n) is 3.20. The Morgan fingerprint density at radius 2 is 1.92 bits per heavy atom. The minimum atomic E-state index is -0.534. The summed E-state index contributed by atoms with van der Waals surface area (Å²) in [5.41, 5.74) is 0.389. The van der Waals surface area contributed by atoms with E-state index in [0.717, 1.165) is 10.4 Å². The van der Waals surface area contributed by atoms with Crippen LogP contribution in [-0.2, 0) is 4.74 Å². The summed E-state index contributed by atoms with van der Waals surface area (Å²) in [6.45, 7) is 7.53. The highest BCUT2D eigenvalue weighted by atomic mass is 35.5. The van der Waals surface area contributed by atoms with Crippen LogP contribution in [0.5, 0.6) is 5.75 Å². The van der Waals surface area contributed by atoms with Crippen LogP contribution in [0.2, 0.25) is 5.02 Å². The van der Waals surface area contributed by atoms with Crippen LogP contribution in [0.15, 0.2) is 30.3 Å². The molecule has 5 nitrogen and oxygen atoms in total. The molecule has 26 heavy (non-hydrogen) atoms. The van der Waals surface area contributed by atoms with Crippen molar-refractivity contribution in [2.24, 2.45) is 0 Å². The minimum absolute atomic E-state index is 0.0461. The maximum absolute atomic E-state index is 11.6. The smallest absolute Gasteiger partial charge is 0.407 e. The zero-order chi connectivity index (χ0) is 19.3. The lowest BCUT2D eigenvalue weighted by molar-refractivity contribution is 0.0520. The molecule has 1 amide bonds. The molecule has 0 aliphatic heterocycles. The normalized spacial score (nSPS) is 11.1. The highest BCUT2D eigenvalue weighted by Crippen LogP contribution is 2.34. The molecule has 0 fully saturated rings. The Bertz CT molecular complexity index is 795. The molecule has 1 N–H and O–H groups in total. The standard InChI is InChI=1S/C19H22ClNO4S/c1-12(22)16-7-8-17(26-16)13-5-6-15(14(20)11-13)24-10-9-21-18(23)25-19(2,3)4/h5-8,11H,9-10H2,1-4H3,(H,21,23). The second-order valence-corrected chi connectivity index (χ2v) is 8.13. The molecule has 0 spiro atoms. The number of benzene rings is 1. The van der Waals surface area contributed by atoms with E-state index < -0.39 is 11.7 Å². The summed E-state index contributed by atoms with van der Waals surface area (Å²) in [5.74, 6) is 0.578. The first-order chi connectivity index (χ1) is 12.2. The Labute approximate surface area is 162 Å². The van der Waals surface area contributed by atoms with Gasteiger partial charge in [-0.3, -0.25) is 4.79 Å². The number of halogens is 1. The number of ketones is 1. The Balaban J connectivity index is 1.89. The monoisotopic (exact) mass is 395 g/mol. The lowest BCUT2D eigenvalue weighted by atomic mass is 10.2. The van der Waals surface area contributed by atoms with Gasteiger partial charge in [0.15, 0.2) is 5.78 Å². The molecule has 7 heteroatoms. The molecule has 0 unspecified atom stereocenters. The van der Waals surface area contributed by atoms with E-state index in [4.69, 9.17) is 21.1 Å². The lowest BCUT2D eigenvalue weighted by Crippen LogP contribution is -2.34. The maximum atomic E-state index is 11.6. The van der Waals surface area contributed by atoms with E-state index in [1.165, 1.54) is 11.3 Å². The van der Waals surface area contributed by atoms with Crippen LogP contribution in [0.25, 0.3) is 10.4 Å². The summed E-state index contributed by atoms with van der Waals surface area (Å²) in [6.07, 6.45) is -0.485. The van der Waals surface area contributed by atoms with Gasteiger partial charge in [-0.2, -0.15) is 0 Å². The number of carbonyl (C=O) groups is 2. The van der Waals surface area contributed by atoms with Crippen LogP contribution in [-0.4, -0.2) is 30.6 Å². The maximum Gasteiger partial charge on any atom is 0.407 e. The fourth-order valence-electron chi connectivity index (χ4n) is 2.08. The number of rotatable bonds is 6. The van der Waals surface area contributed by atoms with Gasteiger partial charge in [-0.15, -0.1) is 11.3 Å². The van der Waals surface area contributed by atoms with Crippen molar-refractivity contribution < 1.29 is 19.1 Å². The van der Waals surface area contributed by atoms with Crippen molar-refractivity contribution >= 4 is 34.8 Å². The van der Waals surface area contributed by atoms with E-state index in [1.807, 2.05) is 18.2 Å². The third-order valence-corrected chi connectivity index (χ3v) is 4.73. The van der Waals surface area contributed by atoms with Crippen molar-refractivity contribution in [1.82, 2.24) is 5.32 Å². The number of ether oxygens (including phenoxy) is 2. The first-order valence-electron chi connectivity index (χ1n) is 8.16. The van der Waals surface area contributed by atoms with Gasteiger partial charge in [-0.05, 0) is 63.6 Å². The van der Waals surface area contributed by atoms with Gasteiger partial charge in [-0.1, -0.05) is 11.6 Å². The minimum Gasteiger partial charge on any atom is -0.490 e. The molecule has 0 atom stereocenters. The van der Waals surface area contributed by atoms with Gasteiger partial charge in [0.05, 0.1) is 16.4 Å². The summed E-state index contributed by atoms with van der Waals surface area (Å²) in [5, 5.41) is 3.09. The quantitative estimate of drug-likeness (QED) is 0.541. The molecule has 140 valence electrons. The number of carbonyl (C=O) groups excluding carboxylic acids is 2. The number of alkyl carbamates (subject to hydrolysis) is 1. The highest BCUT2D eigenvalue weighted by Gasteiger charge is 2.15. The van der Waals surface area contributed by atoms with Crippen molar-refractivity contribution in [1.29, 1.82) is 0 Å². The van der Waals surface area contributed by atoms with Gasteiger partial charge in [0, 0.05) is 4.88 Å². The van der Waals surface area contributed by atoms with Gasteiger partial charge in [0.25, 0.3) is 0 Å². The average Bonchev–Trinajstić information content (AvgIpc) is 3.01. The van der Waals surface area contributed by atoms with Crippen molar-refractivity contribution in [3.05, 3.63) is 40.2 Å². The molecule has 1 heterocycles. The van der Waals surface area contributed by atoms with Crippen molar-refractivity contribution in [3.63, 3.8) is 0 Å². The van der Waals surface area contributed by atoms with Crippen LogP contribution in [0.3, 0.4) is 0 Å². The van der Waals surface area contributed by atoms with E-state index in [-0.39, 0.29) is 12.4 Å². The summed E-state index contributed by atoms with van der Waals surface area (Å²) in [6, 6.07) is 9.17. The molecule has 0 aliphatic rings. The molecule has 2 rings (SSSR count). The average molecular weight is 396 g/mol. The summed E-state index contributed by atoms with van der Waals surface area (Å²) in [4.78, 5) is 24.6. The second kappa shape index (κ2) is 8.56. The predicted molar refractivity (Wildman–Crippen MR) is 105 cm³/mol. The van der Waals surface area contributed by atoms with E-state index in [9.17, 15) is 9.59 Å². The summed E-state index contributed by atoms with van der Waals surface area (Å²) >= 11 is 7.71. The fourth-order valence-corrected chi connectivity index (χ4v) is 3.21. The number of nitrogens with one attached hydrogen (secondary N) is 1. The summed E-state index contributed by atoms with van der Waals surface area (Å²) < 4.78 is 10.7. The number of hydrogen-bond donors (Lipinski definition) is 1. The second-order valence-electron chi connectivity index (χ2n) is 6.64. The third kappa shape index (κ3) is 6.04. The lowest BCUT2D eigenvalue weighted by Gasteiger charge is -2.19. The number of amides is 1. The van der Waals surface area contributed by atoms with E-state index in [2.05, 4.69) is 5.32 Å². The molecule has 0 aliphatic carbocycles. The van der Waals surface area contributed by atoms with Gasteiger partial charge < -0.3 is 14.8 Å². The molecule has 1 aromatic heterocycles. The molecule has 0 bridgehead atoms. The van der Waals surface area contributed by atoms with Crippen LogP contribution in [0.1, 0.15) is 37.4 Å². The SMILES string of the molecule is CC(=O)c1ccc(-c2ccc(OCCNC(=O)OC(C)(C)C)c(Cl)c2)s1. The van der Waals surface area contributed by atoms with Crippen molar-refractivity contribution in [2.45, 2.75) is 33.3 Å². The van der Waals surface area contributed by atoms with Gasteiger partial charge in [-0.25, -0.2) is 4.79 Å².